The number of aromatic nitrogens is 5. The highest BCUT2D eigenvalue weighted by Crippen LogP contribution is 2.49. The van der Waals surface area contributed by atoms with Crippen LogP contribution >= 0.6 is 11.3 Å². The Balaban J connectivity index is 0.617. The number of amides is 2. The summed E-state index contributed by atoms with van der Waals surface area (Å²) in [5, 5.41) is 36.1. The summed E-state index contributed by atoms with van der Waals surface area (Å²) in [6.45, 7) is 18.5. The molecule has 8 atom stereocenters. The maximum Gasteiger partial charge on any atom is 0.319 e. The molecule has 4 aromatic heterocycles. The molecule has 9 heterocycles. The normalized spacial score (nSPS) is 23.4. The Labute approximate surface area is 471 Å². The largest absolute Gasteiger partial charge is 0.508 e. The molecule has 4 N–H and O–H groups in total. The summed E-state index contributed by atoms with van der Waals surface area (Å²) in [5.74, 6) is 2.21. The molecule has 80 heavy (non-hydrogen) atoms. The van der Waals surface area contributed by atoms with Crippen LogP contribution in [0.3, 0.4) is 0 Å². The number of aliphatic hydroxyl groups excluding tert-OH is 1. The number of β-amino-alcohol motifs (C(OH)–C–C–N with tert-alkyl or cyclic N) is 1. The van der Waals surface area contributed by atoms with Gasteiger partial charge in [0, 0.05) is 86.6 Å². The van der Waals surface area contributed by atoms with Crippen molar-refractivity contribution < 1.29 is 29.1 Å². The Morgan fingerprint density at radius 1 is 0.912 bits per heavy atom. The lowest BCUT2D eigenvalue weighted by molar-refractivity contribution is -0.141. The maximum absolute atomic E-state index is 14.4. The van der Waals surface area contributed by atoms with Gasteiger partial charge in [-0.3, -0.25) is 19.5 Å². The Kier molecular flexibility index (Phi) is 14.0. The fraction of sp³-hybridized carbons (Fsp3) is 0.500. The van der Waals surface area contributed by atoms with Gasteiger partial charge in [0.05, 0.1) is 44.8 Å². The van der Waals surface area contributed by atoms with E-state index in [1.165, 1.54) is 10.5 Å². The molecule has 3 aromatic carbocycles. The number of piperazine rings is 1. The van der Waals surface area contributed by atoms with Gasteiger partial charge in [0.25, 0.3) is 0 Å². The first-order valence-electron chi connectivity index (χ1n) is 29.1. The van der Waals surface area contributed by atoms with E-state index in [9.17, 15) is 19.8 Å². The number of piperidine rings is 1. The molecular formula is C62H73N11O6S. The van der Waals surface area contributed by atoms with E-state index in [0.29, 0.717) is 42.3 Å². The quantitative estimate of drug-likeness (QED) is 0.0758. The first-order chi connectivity index (χ1) is 38.7. The highest BCUT2D eigenvalue weighted by atomic mass is 32.1. The highest BCUT2D eigenvalue weighted by molar-refractivity contribution is 7.13. The van der Waals surface area contributed by atoms with Crippen molar-refractivity contribution in [2.75, 3.05) is 62.2 Å². The van der Waals surface area contributed by atoms with Gasteiger partial charge in [0.2, 0.25) is 11.8 Å². The van der Waals surface area contributed by atoms with Crippen molar-refractivity contribution in [1.82, 2.24) is 45.5 Å². The highest BCUT2D eigenvalue weighted by Gasteiger charge is 2.44. The third kappa shape index (κ3) is 9.82. The molecule has 0 spiro atoms. The van der Waals surface area contributed by atoms with Gasteiger partial charge in [-0.25, -0.2) is 4.98 Å². The molecule has 18 heteroatoms. The average molecular weight is 1100 g/mol. The smallest absolute Gasteiger partial charge is 0.319 e. The summed E-state index contributed by atoms with van der Waals surface area (Å²) >= 11 is 1.60. The fourth-order valence-corrected chi connectivity index (χ4v) is 14.9. The zero-order valence-corrected chi connectivity index (χ0v) is 47.5. The van der Waals surface area contributed by atoms with E-state index in [2.05, 4.69) is 67.5 Å². The third-order valence-electron chi connectivity index (χ3n) is 18.5. The predicted octanol–water partition coefficient (Wildman–Crippen LogP) is 8.96. The molecule has 1 aliphatic carbocycles. The molecule has 5 fully saturated rings. The number of aryl methyl sites for hydroxylation is 1. The first-order valence-corrected chi connectivity index (χ1v) is 29.9. The van der Waals surface area contributed by atoms with E-state index in [-0.39, 0.29) is 54.4 Å². The first kappa shape index (κ1) is 52.6. The number of aromatic hydroxyl groups is 1. The lowest BCUT2D eigenvalue weighted by Crippen LogP contribution is -2.51. The molecule has 6 aliphatic rings. The molecule has 13 rings (SSSR count). The van der Waals surface area contributed by atoms with Crippen LogP contribution in [0.5, 0.6) is 11.8 Å². The van der Waals surface area contributed by atoms with E-state index in [1.54, 1.807) is 11.3 Å². The van der Waals surface area contributed by atoms with Crippen LogP contribution in [0.1, 0.15) is 119 Å². The number of phenols is 1. The van der Waals surface area contributed by atoms with E-state index in [1.807, 2.05) is 81.9 Å². The molecule has 17 nitrogen and oxygen atoms in total. The number of thiazole rings is 1. The van der Waals surface area contributed by atoms with Crippen LogP contribution in [-0.2, 0) is 9.59 Å². The molecule has 5 saturated heterocycles. The number of fused-ring (bicyclic) bond motifs is 6. The van der Waals surface area contributed by atoms with Gasteiger partial charge in [-0.2, -0.15) is 9.97 Å². The minimum Gasteiger partial charge on any atom is -0.508 e. The van der Waals surface area contributed by atoms with Crippen LogP contribution in [-0.4, -0.2) is 140 Å². The number of anilines is 2. The number of phenolic OH excluding ortho intramolecular Hbond substituents is 1. The summed E-state index contributed by atoms with van der Waals surface area (Å²) in [4.78, 5) is 58.1. The molecule has 418 valence electrons. The topological polar surface area (TPSA) is 198 Å². The monoisotopic (exact) mass is 1100 g/mol. The molecule has 0 radical (unpaired) electrons. The van der Waals surface area contributed by atoms with Crippen LogP contribution in [0.15, 0.2) is 76.9 Å². The Hall–Kier alpha value is -6.73. The minimum absolute atomic E-state index is 0.0227. The molecule has 2 amide bonds. The van der Waals surface area contributed by atoms with Crippen LogP contribution in [0.25, 0.3) is 43.4 Å². The van der Waals surface area contributed by atoms with Crippen molar-refractivity contribution in [2.24, 2.45) is 17.8 Å². The summed E-state index contributed by atoms with van der Waals surface area (Å²) in [7, 11) is 0. The van der Waals surface area contributed by atoms with Gasteiger partial charge in [-0.15, -0.1) is 11.3 Å². The van der Waals surface area contributed by atoms with Crippen molar-refractivity contribution in [2.45, 2.75) is 128 Å². The number of benzene rings is 3. The number of hydrogen-bond donors (Lipinski definition) is 4. The molecule has 0 saturated carbocycles. The van der Waals surface area contributed by atoms with Crippen molar-refractivity contribution in [1.29, 1.82) is 0 Å². The lowest BCUT2D eigenvalue weighted by atomic mass is 9.79. The van der Waals surface area contributed by atoms with Crippen LogP contribution in [0, 0.1) is 24.7 Å². The number of hydrogen-bond acceptors (Lipinski definition) is 16. The summed E-state index contributed by atoms with van der Waals surface area (Å²) in [6.07, 6.45) is 7.03. The zero-order chi connectivity index (χ0) is 55.1. The molecular weight excluding hydrogens is 1030 g/mol. The van der Waals surface area contributed by atoms with Crippen LogP contribution in [0.2, 0.25) is 0 Å². The minimum atomic E-state index is -0.806. The van der Waals surface area contributed by atoms with Crippen molar-refractivity contribution >= 4 is 56.5 Å². The fourth-order valence-electron chi connectivity index (χ4n) is 14.1. The second kappa shape index (κ2) is 21.3. The van der Waals surface area contributed by atoms with Gasteiger partial charge in [-0.1, -0.05) is 68.4 Å². The predicted molar refractivity (Wildman–Crippen MR) is 310 cm³/mol. The van der Waals surface area contributed by atoms with Gasteiger partial charge in [-0.05, 0) is 123 Å². The van der Waals surface area contributed by atoms with Crippen molar-refractivity contribution in [3.63, 3.8) is 0 Å². The Morgan fingerprint density at radius 3 is 2.42 bits per heavy atom. The number of nitrogens with zero attached hydrogens (tertiary/aromatic N) is 9. The van der Waals surface area contributed by atoms with E-state index in [4.69, 9.17) is 24.2 Å². The number of rotatable bonds is 15. The van der Waals surface area contributed by atoms with Crippen LogP contribution in [0.4, 0.5) is 11.6 Å². The standard InChI is InChI=1S/C62H73N11O6S/c1-33(2)53(61(77)73-30-46(75)23-50(73)60(76)65-36(5)40-10-12-41(13-11-40)58-37(6)64-32-80-58)51-24-52(69-79-51)71-26-39(27-71)20-38-16-18-70(19-17-38)34(3)31-78-62-67-57-49(59(68-62)72-28-43-14-15-44(29-72)66-43)25-63-56-48-22-45(74)21-42-8-7-9-47(55(42)48)35(4)54(56)57/h7-13,21-22,24-25,32-36,38-39,43-44,46,50,53,66,74-75H,14-20,23,26-31H2,1-6H3,(H,65,76)/t34-,35?,36-,43?,44?,46+,50-,53+/m0/s1. The zero-order valence-electron chi connectivity index (χ0n) is 46.6. The number of aliphatic hydroxyl groups is 1. The van der Waals surface area contributed by atoms with Crippen LogP contribution < -0.4 is 25.2 Å². The molecule has 2 bridgehead atoms. The number of likely N-dealkylation sites (tertiary alicyclic amines) is 2. The SMILES string of the molecule is Cc1ncsc1-c1ccc([C@H](C)NC(=O)[C@@H]2C[C@@H](O)CN2C(=O)[C@@H](c2cc(N3CC(CC4CCN([C@@H](C)COc5nc(N6CC7CCC(C6)N7)c6cnc7c(c6n5)C(C)c5cccc6cc(O)cc-7c56)CC4)C3)no2)C(C)C)cc1. The summed E-state index contributed by atoms with van der Waals surface area (Å²) in [6, 6.07) is 20.3. The van der Waals surface area contributed by atoms with Gasteiger partial charge in [0.15, 0.2) is 11.6 Å². The van der Waals surface area contributed by atoms with E-state index >= 15 is 0 Å². The van der Waals surface area contributed by atoms with Crippen molar-refractivity contribution in [3.8, 4) is 33.5 Å². The number of carbonyl (C=O) groups is 2. The molecule has 3 unspecified atom stereocenters. The molecule has 7 aromatic rings. The maximum atomic E-state index is 14.4. The Bertz CT molecular complexity index is 3450. The summed E-state index contributed by atoms with van der Waals surface area (Å²) < 4.78 is 12.6. The van der Waals surface area contributed by atoms with Gasteiger partial charge in [0.1, 0.15) is 30.1 Å². The van der Waals surface area contributed by atoms with E-state index < -0.39 is 18.1 Å². The third-order valence-corrected chi connectivity index (χ3v) is 19.5. The second-order valence-electron chi connectivity index (χ2n) is 24.3. The van der Waals surface area contributed by atoms with Crippen molar-refractivity contribution in [3.05, 3.63) is 101 Å². The van der Waals surface area contributed by atoms with Gasteiger partial charge < -0.3 is 44.8 Å². The number of nitrogens with one attached hydrogen (secondary N) is 2. The second-order valence-corrected chi connectivity index (χ2v) is 25.1. The lowest BCUT2D eigenvalue weighted by Gasteiger charge is -2.43. The number of ether oxygens (including phenoxy) is 1. The average Bonchev–Trinajstić information content (AvgIpc) is 4.06. The van der Waals surface area contributed by atoms with E-state index in [0.717, 1.165) is 143 Å². The number of pyridine rings is 1. The molecule has 5 aliphatic heterocycles. The summed E-state index contributed by atoms with van der Waals surface area (Å²) in [5.41, 5.74) is 9.76. The number of carbonyl (C=O) groups excluding carboxylic acids is 2. The van der Waals surface area contributed by atoms with Gasteiger partial charge >= 0.3 is 6.01 Å². The Morgan fingerprint density at radius 2 is 1.69 bits per heavy atom.